The van der Waals surface area contributed by atoms with E-state index in [0.29, 0.717) is 21.5 Å². The molecule has 6 nitrogen and oxygen atoms in total. The number of nitrogens with zero attached hydrogens (tertiary/aromatic N) is 2. The van der Waals surface area contributed by atoms with E-state index in [1.165, 1.54) is 31.3 Å². The lowest BCUT2D eigenvalue weighted by Gasteiger charge is -2.05. The molecule has 2 heterocycles. The first-order valence-corrected chi connectivity index (χ1v) is 8.64. The smallest absolute Gasteiger partial charge is 0.276 e. The molecule has 0 unspecified atom stereocenters. The van der Waals surface area contributed by atoms with Crippen LogP contribution in [-0.2, 0) is 4.79 Å². The second-order valence-electron chi connectivity index (χ2n) is 5.23. The van der Waals surface area contributed by atoms with Crippen LogP contribution < -0.4 is 10.6 Å². The van der Waals surface area contributed by atoms with E-state index < -0.39 is 11.7 Å². The van der Waals surface area contributed by atoms with Gasteiger partial charge >= 0.3 is 0 Å². The van der Waals surface area contributed by atoms with Gasteiger partial charge in [0.05, 0.1) is 5.69 Å². The fraction of sp³-hybridized carbons (Fsp3) is 0.0588. The summed E-state index contributed by atoms with van der Waals surface area (Å²) in [5, 5.41) is 7.43. The highest BCUT2D eigenvalue weighted by Gasteiger charge is 2.14. The molecule has 132 valence electrons. The summed E-state index contributed by atoms with van der Waals surface area (Å²) < 4.78 is 14.3. The van der Waals surface area contributed by atoms with Crippen LogP contribution in [0.3, 0.4) is 0 Å². The van der Waals surface area contributed by atoms with Crippen molar-refractivity contribution >= 4 is 45.6 Å². The molecule has 9 heteroatoms. The van der Waals surface area contributed by atoms with Gasteiger partial charge in [0, 0.05) is 34.8 Å². The van der Waals surface area contributed by atoms with Crippen molar-refractivity contribution in [2.45, 2.75) is 6.92 Å². The van der Waals surface area contributed by atoms with Gasteiger partial charge in [-0.25, -0.2) is 9.37 Å². The van der Waals surface area contributed by atoms with Gasteiger partial charge in [0.1, 0.15) is 11.5 Å². The Morgan fingerprint density at radius 1 is 1.19 bits per heavy atom. The quantitative estimate of drug-likeness (QED) is 0.699. The molecule has 3 rings (SSSR count). The van der Waals surface area contributed by atoms with E-state index in [1.807, 2.05) is 0 Å². The van der Waals surface area contributed by atoms with Crippen molar-refractivity contribution < 1.29 is 14.0 Å². The molecule has 2 aromatic heterocycles. The Bertz CT molecular complexity index is 992. The predicted octanol–water partition coefficient (Wildman–Crippen LogP) is 4.21. The zero-order valence-corrected chi connectivity index (χ0v) is 15.0. The second-order valence-corrected chi connectivity index (χ2v) is 6.52. The number of hydrogen-bond donors (Lipinski definition) is 2. The van der Waals surface area contributed by atoms with Gasteiger partial charge < -0.3 is 5.32 Å². The van der Waals surface area contributed by atoms with Crippen molar-refractivity contribution in [3.8, 4) is 11.3 Å². The van der Waals surface area contributed by atoms with Crippen molar-refractivity contribution in [3.05, 3.63) is 58.4 Å². The summed E-state index contributed by atoms with van der Waals surface area (Å²) in [6.07, 6.45) is 1.43. The van der Waals surface area contributed by atoms with Gasteiger partial charge in [0.15, 0.2) is 5.13 Å². The molecule has 2 amide bonds. The minimum atomic E-state index is -0.532. The first-order chi connectivity index (χ1) is 12.4. The summed E-state index contributed by atoms with van der Waals surface area (Å²) in [7, 11) is 0. The maximum atomic E-state index is 14.3. The van der Waals surface area contributed by atoms with Gasteiger partial charge in [-0.2, -0.15) is 0 Å². The van der Waals surface area contributed by atoms with Gasteiger partial charge in [-0.3, -0.25) is 19.9 Å². The van der Waals surface area contributed by atoms with Gasteiger partial charge in [-0.05, 0) is 30.3 Å². The maximum Gasteiger partial charge on any atom is 0.276 e. The topological polar surface area (TPSA) is 84.0 Å². The normalized spacial score (nSPS) is 10.4. The second kappa shape index (κ2) is 7.59. The highest BCUT2D eigenvalue weighted by Crippen LogP contribution is 2.29. The van der Waals surface area contributed by atoms with Crippen molar-refractivity contribution in [2.75, 3.05) is 10.6 Å². The lowest BCUT2D eigenvalue weighted by molar-refractivity contribution is -0.114. The molecule has 0 saturated heterocycles. The number of anilines is 2. The fourth-order valence-electron chi connectivity index (χ4n) is 2.15. The largest absolute Gasteiger partial charge is 0.326 e. The van der Waals surface area contributed by atoms with Crippen LogP contribution >= 0.6 is 22.9 Å². The third kappa shape index (κ3) is 4.22. The molecule has 3 aromatic rings. The number of thiazole rings is 1. The number of amides is 2. The minimum Gasteiger partial charge on any atom is -0.326 e. The summed E-state index contributed by atoms with van der Waals surface area (Å²) >= 11 is 6.99. The number of nitrogens with one attached hydrogen (secondary N) is 2. The maximum absolute atomic E-state index is 14.3. The summed E-state index contributed by atoms with van der Waals surface area (Å²) in [5.41, 5.74) is 1.14. The zero-order chi connectivity index (χ0) is 18.7. The van der Waals surface area contributed by atoms with Crippen molar-refractivity contribution in [2.24, 2.45) is 0 Å². The summed E-state index contributed by atoms with van der Waals surface area (Å²) in [5.74, 6) is -1.28. The number of hydrogen-bond acceptors (Lipinski definition) is 5. The Hall–Kier alpha value is -2.84. The van der Waals surface area contributed by atoms with Gasteiger partial charge in [-0.1, -0.05) is 11.6 Å². The first-order valence-electron chi connectivity index (χ1n) is 7.38. The van der Waals surface area contributed by atoms with Crippen LogP contribution in [-0.4, -0.2) is 21.8 Å². The number of rotatable bonds is 4. The monoisotopic (exact) mass is 390 g/mol. The van der Waals surface area contributed by atoms with E-state index in [-0.39, 0.29) is 17.2 Å². The SMILES string of the molecule is CC(=O)Nc1ccc(-c2csc(NC(=O)c3cc(Cl)ccn3)n2)c(F)c1. The molecule has 26 heavy (non-hydrogen) atoms. The summed E-state index contributed by atoms with van der Waals surface area (Å²) in [6.45, 7) is 1.34. The Balaban J connectivity index is 1.77. The zero-order valence-electron chi connectivity index (χ0n) is 13.4. The lowest BCUT2D eigenvalue weighted by atomic mass is 10.1. The van der Waals surface area contributed by atoms with E-state index in [9.17, 15) is 14.0 Å². The molecule has 0 bridgehead atoms. The molecule has 0 aliphatic carbocycles. The van der Waals surface area contributed by atoms with Gasteiger partial charge in [0.25, 0.3) is 5.91 Å². The summed E-state index contributed by atoms with van der Waals surface area (Å²) in [4.78, 5) is 31.3. The number of carbonyl (C=O) groups is 2. The average molecular weight is 391 g/mol. The molecule has 1 aromatic carbocycles. The minimum absolute atomic E-state index is 0.153. The highest BCUT2D eigenvalue weighted by molar-refractivity contribution is 7.14. The molecular formula is C17H12ClFN4O2S. The van der Waals surface area contributed by atoms with Crippen LogP contribution in [0.5, 0.6) is 0 Å². The molecule has 0 saturated carbocycles. The van der Waals surface area contributed by atoms with Crippen LogP contribution in [0.4, 0.5) is 15.2 Å². The molecule has 0 fully saturated rings. The molecule has 0 radical (unpaired) electrons. The van der Waals surface area contributed by atoms with E-state index in [4.69, 9.17) is 11.6 Å². The number of aromatic nitrogens is 2. The molecule has 2 N–H and O–H groups in total. The Morgan fingerprint density at radius 3 is 2.69 bits per heavy atom. The first kappa shape index (κ1) is 18.0. The van der Waals surface area contributed by atoms with Crippen LogP contribution in [0.1, 0.15) is 17.4 Å². The van der Waals surface area contributed by atoms with Gasteiger partial charge in [0.2, 0.25) is 5.91 Å². The number of pyridine rings is 1. The van der Waals surface area contributed by atoms with Crippen molar-refractivity contribution in [1.29, 1.82) is 0 Å². The lowest BCUT2D eigenvalue weighted by Crippen LogP contribution is -2.13. The standard InChI is InChI=1S/C17H12ClFN4O2S/c1-9(24)21-11-2-3-12(13(19)7-11)15-8-26-17(22-15)23-16(25)14-6-10(18)4-5-20-14/h2-8H,1H3,(H,21,24)(H,22,23,25). The third-order valence-electron chi connectivity index (χ3n) is 3.24. The fourth-order valence-corrected chi connectivity index (χ4v) is 3.01. The van der Waals surface area contributed by atoms with E-state index in [1.54, 1.807) is 17.5 Å². The Morgan fingerprint density at radius 2 is 2.00 bits per heavy atom. The van der Waals surface area contributed by atoms with Crippen LogP contribution in [0.15, 0.2) is 41.9 Å². The average Bonchev–Trinajstić information content (AvgIpc) is 3.02. The molecule has 0 aliphatic heterocycles. The van der Waals surface area contributed by atoms with Crippen LogP contribution in [0.25, 0.3) is 11.3 Å². The number of halogens is 2. The van der Waals surface area contributed by atoms with Crippen LogP contribution in [0, 0.1) is 5.82 Å². The number of carbonyl (C=O) groups excluding carboxylic acids is 2. The Labute approximate surface area is 157 Å². The van der Waals surface area contributed by atoms with Gasteiger partial charge in [-0.15, -0.1) is 11.3 Å². The van der Waals surface area contributed by atoms with E-state index in [0.717, 1.165) is 11.3 Å². The molecular weight excluding hydrogens is 379 g/mol. The van der Waals surface area contributed by atoms with Crippen LogP contribution in [0.2, 0.25) is 5.02 Å². The third-order valence-corrected chi connectivity index (χ3v) is 4.24. The molecule has 0 aliphatic rings. The predicted molar refractivity (Wildman–Crippen MR) is 99.0 cm³/mol. The summed E-state index contributed by atoms with van der Waals surface area (Å²) in [6, 6.07) is 7.30. The van der Waals surface area contributed by atoms with E-state index in [2.05, 4.69) is 20.6 Å². The van der Waals surface area contributed by atoms with Crippen molar-refractivity contribution in [1.82, 2.24) is 9.97 Å². The number of benzene rings is 1. The molecule has 0 spiro atoms. The van der Waals surface area contributed by atoms with E-state index >= 15 is 0 Å². The van der Waals surface area contributed by atoms with Crippen molar-refractivity contribution in [3.63, 3.8) is 0 Å². The highest BCUT2D eigenvalue weighted by atomic mass is 35.5. The Kier molecular flexibility index (Phi) is 5.24. The molecule has 0 atom stereocenters.